The molecule has 0 unspecified atom stereocenters. The van der Waals surface area contributed by atoms with Crippen LogP contribution in [-0.2, 0) is 10.5 Å². The van der Waals surface area contributed by atoms with E-state index in [1.165, 1.54) is 30.0 Å². The van der Waals surface area contributed by atoms with E-state index in [1.54, 1.807) is 5.38 Å². The molecule has 7 heteroatoms. The number of halogens is 1. The van der Waals surface area contributed by atoms with Crippen LogP contribution in [0, 0.1) is 0 Å². The van der Waals surface area contributed by atoms with Crippen molar-refractivity contribution in [3.8, 4) is 0 Å². The number of thioether (sulfide) groups is 1. The Kier molecular flexibility index (Phi) is 5.78. The first-order valence-electron chi connectivity index (χ1n) is 6.13. The lowest BCUT2D eigenvalue weighted by molar-refractivity contribution is -0.113. The Morgan fingerprint density at radius 1 is 1.38 bits per heavy atom. The van der Waals surface area contributed by atoms with E-state index >= 15 is 0 Å². The molecule has 21 heavy (non-hydrogen) atoms. The average molecular weight is 341 g/mol. The molecule has 1 amide bonds. The first-order chi connectivity index (χ1) is 10.1. The zero-order valence-corrected chi connectivity index (χ0v) is 13.6. The molecule has 2 rings (SSSR count). The Labute approximate surface area is 135 Å². The number of nitrogens with zero attached hydrogens (tertiary/aromatic N) is 1. The van der Waals surface area contributed by atoms with Crippen LogP contribution in [0.2, 0.25) is 5.02 Å². The predicted molar refractivity (Wildman–Crippen MR) is 88.4 cm³/mol. The summed E-state index contributed by atoms with van der Waals surface area (Å²) in [6, 6.07) is 7.56. The summed E-state index contributed by atoms with van der Waals surface area (Å²) >= 11 is 8.77. The Morgan fingerprint density at radius 2 is 2.14 bits per heavy atom. The molecule has 0 spiro atoms. The highest BCUT2D eigenvalue weighted by Gasteiger charge is 2.09. The number of anilines is 1. The van der Waals surface area contributed by atoms with Gasteiger partial charge in [-0.2, -0.15) is 0 Å². The SMILES string of the molecule is CC(=O)c1csc(NC(=O)CSCc2ccccc2Cl)n1. The van der Waals surface area contributed by atoms with Gasteiger partial charge >= 0.3 is 0 Å². The van der Waals surface area contributed by atoms with Gasteiger partial charge in [-0.1, -0.05) is 29.8 Å². The lowest BCUT2D eigenvalue weighted by Gasteiger charge is -2.04. The Morgan fingerprint density at radius 3 is 2.81 bits per heavy atom. The number of benzene rings is 1. The van der Waals surface area contributed by atoms with E-state index in [4.69, 9.17) is 11.6 Å². The molecule has 0 bridgehead atoms. The van der Waals surface area contributed by atoms with Gasteiger partial charge in [-0.25, -0.2) is 4.98 Å². The van der Waals surface area contributed by atoms with Crippen molar-refractivity contribution in [1.29, 1.82) is 0 Å². The number of hydrogen-bond donors (Lipinski definition) is 1. The van der Waals surface area contributed by atoms with Gasteiger partial charge in [0.1, 0.15) is 5.69 Å². The Bertz CT molecular complexity index is 658. The van der Waals surface area contributed by atoms with Crippen molar-refractivity contribution in [3.05, 3.63) is 45.9 Å². The summed E-state index contributed by atoms with van der Waals surface area (Å²) < 4.78 is 0. The highest BCUT2D eigenvalue weighted by Crippen LogP contribution is 2.21. The van der Waals surface area contributed by atoms with Crippen LogP contribution in [0.15, 0.2) is 29.6 Å². The number of hydrogen-bond acceptors (Lipinski definition) is 5. The number of nitrogens with one attached hydrogen (secondary N) is 1. The largest absolute Gasteiger partial charge is 0.301 e. The van der Waals surface area contributed by atoms with Crippen molar-refractivity contribution < 1.29 is 9.59 Å². The molecular formula is C14H13ClN2O2S2. The number of carbonyl (C=O) groups is 2. The second kappa shape index (κ2) is 7.59. The summed E-state index contributed by atoms with van der Waals surface area (Å²) in [4.78, 5) is 26.9. The molecule has 0 saturated carbocycles. The smallest absolute Gasteiger partial charge is 0.236 e. The lowest BCUT2D eigenvalue weighted by atomic mass is 10.2. The standard InChI is InChI=1S/C14H13ClN2O2S2/c1-9(18)12-7-21-14(16-12)17-13(19)8-20-6-10-4-2-3-5-11(10)15/h2-5,7H,6,8H2,1H3,(H,16,17,19). The molecule has 0 fully saturated rings. The van der Waals surface area contributed by atoms with Gasteiger partial charge in [0.25, 0.3) is 0 Å². The van der Waals surface area contributed by atoms with Crippen molar-refractivity contribution in [2.45, 2.75) is 12.7 Å². The van der Waals surface area contributed by atoms with E-state index in [0.717, 1.165) is 5.56 Å². The predicted octanol–water partition coefficient (Wildman–Crippen LogP) is 3.87. The van der Waals surface area contributed by atoms with E-state index < -0.39 is 0 Å². The summed E-state index contributed by atoms with van der Waals surface area (Å²) in [5.74, 6) is 0.723. The number of rotatable bonds is 6. The maximum atomic E-state index is 11.8. The number of aromatic nitrogens is 1. The second-order valence-corrected chi connectivity index (χ2v) is 6.48. The number of thiazole rings is 1. The molecule has 4 nitrogen and oxygen atoms in total. The van der Waals surface area contributed by atoms with Crippen LogP contribution in [0.25, 0.3) is 0 Å². The fraction of sp³-hybridized carbons (Fsp3) is 0.214. The third kappa shape index (κ3) is 4.84. The van der Waals surface area contributed by atoms with Crippen molar-refractivity contribution in [2.24, 2.45) is 0 Å². The van der Waals surface area contributed by atoms with Gasteiger partial charge in [0, 0.05) is 23.1 Å². The fourth-order valence-corrected chi connectivity index (χ4v) is 3.40. The zero-order chi connectivity index (χ0) is 15.2. The van der Waals surface area contributed by atoms with Crippen LogP contribution in [-0.4, -0.2) is 22.4 Å². The molecule has 110 valence electrons. The van der Waals surface area contributed by atoms with Crippen LogP contribution < -0.4 is 5.32 Å². The van der Waals surface area contributed by atoms with Crippen molar-refractivity contribution in [1.82, 2.24) is 4.98 Å². The molecule has 0 aliphatic carbocycles. The summed E-state index contributed by atoms with van der Waals surface area (Å²) in [6.45, 7) is 1.44. The van der Waals surface area contributed by atoms with Crippen molar-refractivity contribution in [2.75, 3.05) is 11.1 Å². The number of amides is 1. The fourth-order valence-electron chi connectivity index (χ4n) is 1.52. The van der Waals surface area contributed by atoms with Gasteiger partial charge in [0.2, 0.25) is 5.91 Å². The molecule has 1 aromatic heterocycles. The maximum Gasteiger partial charge on any atom is 0.236 e. The van der Waals surface area contributed by atoms with Crippen LogP contribution in [0.5, 0.6) is 0 Å². The van der Waals surface area contributed by atoms with Crippen molar-refractivity contribution >= 4 is 51.5 Å². The number of Topliss-reactive ketones (excluding diaryl/α,β-unsaturated/α-hetero) is 1. The minimum Gasteiger partial charge on any atom is -0.301 e. The van der Waals surface area contributed by atoms with Crippen LogP contribution >= 0.6 is 34.7 Å². The molecule has 0 aliphatic heterocycles. The minimum absolute atomic E-state index is 0.111. The summed E-state index contributed by atoms with van der Waals surface area (Å²) in [5, 5.41) is 5.47. The first kappa shape index (κ1) is 16.0. The highest BCUT2D eigenvalue weighted by atomic mass is 35.5. The molecule has 0 aliphatic rings. The van der Waals surface area contributed by atoms with Gasteiger partial charge in [-0.05, 0) is 11.6 Å². The van der Waals surface area contributed by atoms with Gasteiger partial charge < -0.3 is 5.32 Å². The van der Waals surface area contributed by atoms with Gasteiger partial charge in [0.05, 0.1) is 5.75 Å². The zero-order valence-electron chi connectivity index (χ0n) is 11.3. The van der Waals surface area contributed by atoms with Crippen LogP contribution in [0.3, 0.4) is 0 Å². The third-order valence-corrected chi connectivity index (χ3v) is 4.67. The molecule has 1 aromatic carbocycles. The van der Waals surface area contributed by atoms with Gasteiger partial charge in [-0.3, -0.25) is 9.59 Å². The molecule has 1 N–H and O–H groups in total. The van der Waals surface area contributed by atoms with E-state index in [2.05, 4.69) is 10.3 Å². The second-order valence-electron chi connectivity index (χ2n) is 4.23. The summed E-state index contributed by atoms with van der Waals surface area (Å²) in [5.41, 5.74) is 1.38. The number of carbonyl (C=O) groups excluding carboxylic acids is 2. The molecule has 0 saturated heterocycles. The third-order valence-electron chi connectivity index (χ3n) is 2.56. The number of ketones is 1. The van der Waals surface area contributed by atoms with Crippen LogP contribution in [0.1, 0.15) is 23.0 Å². The molecule has 0 atom stereocenters. The normalized spacial score (nSPS) is 10.4. The monoisotopic (exact) mass is 340 g/mol. The van der Waals surface area contributed by atoms with E-state index in [9.17, 15) is 9.59 Å². The maximum absolute atomic E-state index is 11.8. The summed E-state index contributed by atoms with van der Waals surface area (Å²) in [6.07, 6.45) is 0. The first-order valence-corrected chi connectivity index (χ1v) is 8.55. The molecule has 1 heterocycles. The minimum atomic E-state index is -0.142. The van der Waals surface area contributed by atoms with Crippen molar-refractivity contribution in [3.63, 3.8) is 0 Å². The van der Waals surface area contributed by atoms with Gasteiger partial charge in [-0.15, -0.1) is 23.1 Å². The topological polar surface area (TPSA) is 59.1 Å². The molecule has 0 radical (unpaired) electrons. The Hall–Kier alpha value is -1.37. The van der Waals surface area contributed by atoms with E-state index in [1.807, 2.05) is 24.3 Å². The quantitative estimate of drug-likeness (QED) is 0.811. The molecular weight excluding hydrogens is 328 g/mol. The van der Waals surface area contributed by atoms with E-state index in [0.29, 0.717) is 27.4 Å². The van der Waals surface area contributed by atoms with Gasteiger partial charge in [0.15, 0.2) is 10.9 Å². The van der Waals surface area contributed by atoms with Crippen LogP contribution in [0.4, 0.5) is 5.13 Å². The highest BCUT2D eigenvalue weighted by molar-refractivity contribution is 7.99. The Balaban J connectivity index is 1.79. The summed E-state index contributed by atoms with van der Waals surface area (Å²) in [7, 11) is 0. The molecule has 2 aromatic rings. The average Bonchev–Trinajstić information content (AvgIpc) is 2.89. The van der Waals surface area contributed by atoms with E-state index in [-0.39, 0.29) is 11.7 Å². The lowest BCUT2D eigenvalue weighted by Crippen LogP contribution is -2.14.